The van der Waals surface area contributed by atoms with Crippen LogP contribution in [-0.2, 0) is 16.6 Å². The number of esters is 1. The van der Waals surface area contributed by atoms with Crippen molar-refractivity contribution in [2.45, 2.75) is 6.92 Å². The molecular weight excluding hydrogens is 274 g/mol. The van der Waals surface area contributed by atoms with Gasteiger partial charge in [-0.05, 0) is 23.6 Å². The van der Waals surface area contributed by atoms with Crippen molar-refractivity contribution in [3.05, 3.63) is 37.0 Å². The number of halogens is 1. The Morgan fingerprint density at radius 2 is 2.26 bits per heavy atom. The number of hydrogen-bond donors (Lipinski definition) is 0. The first-order valence-electron chi connectivity index (χ1n) is 5.00. The molecule has 0 spiro atoms. The lowest BCUT2D eigenvalue weighted by atomic mass is 10.2. The smallest absolute Gasteiger partial charge is 0.333 e. The van der Waals surface area contributed by atoms with Crippen LogP contribution >= 0.6 is 11.6 Å². The number of carbonyl (C=O) groups is 1. The van der Waals surface area contributed by atoms with Crippen molar-refractivity contribution in [2.24, 2.45) is 12.2 Å². The first-order chi connectivity index (χ1) is 8.92. The zero-order chi connectivity index (χ0) is 14.6. The molecule has 1 aromatic rings. The summed E-state index contributed by atoms with van der Waals surface area (Å²) in [5.41, 5.74) is 7.99. The topological polar surface area (TPSA) is 110 Å². The van der Waals surface area contributed by atoms with Crippen molar-refractivity contribution in [1.29, 1.82) is 0 Å². The van der Waals surface area contributed by atoms with Crippen LogP contribution in [0.1, 0.15) is 12.5 Å². The van der Waals surface area contributed by atoms with Crippen LogP contribution in [0, 0.1) is 0 Å². The Labute approximate surface area is 112 Å². The summed E-state index contributed by atoms with van der Waals surface area (Å²) in [6.45, 7) is 1.46. The van der Waals surface area contributed by atoms with E-state index < -0.39 is 11.4 Å². The zero-order valence-corrected chi connectivity index (χ0v) is 11.2. The minimum Gasteiger partial charge on any atom is -0.466 e. The normalized spacial score (nSPS) is 10.8. The van der Waals surface area contributed by atoms with Crippen molar-refractivity contribution in [1.82, 2.24) is 9.78 Å². The minimum atomic E-state index is -0.634. The fraction of sp³-hybridized carbons (Fsp3) is 0.300. The van der Waals surface area contributed by atoms with Gasteiger partial charge >= 0.3 is 5.97 Å². The Morgan fingerprint density at radius 1 is 1.63 bits per heavy atom. The van der Waals surface area contributed by atoms with Crippen molar-refractivity contribution in [2.75, 3.05) is 7.11 Å². The van der Waals surface area contributed by atoms with Gasteiger partial charge in [0.25, 0.3) is 0 Å². The van der Waals surface area contributed by atoms with E-state index in [2.05, 4.69) is 19.9 Å². The van der Waals surface area contributed by atoms with Crippen LogP contribution in [-0.4, -0.2) is 22.9 Å². The van der Waals surface area contributed by atoms with Gasteiger partial charge in [-0.2, -0.15) is 5.10 Å². The molecular formula is C10H10ClN5O3. The van der Waals surface area contributed by atoms with E-state index in [0.29, 0.717) is 0 Å². The molecule has 0 N–H and O–H groups in total. The Kier molecular flexibility index (Phi) is 4.68. The van der Waals surface area contributed by atoms with E-state index in [4.69, 9.17) is 17.1 Å². The van der Waals surface area contributed by atoms with Crippen LogP contribution in [0.2, 0.25) is 5.15 Å². The SMILES string of the molecule is COC(=O)/C(C)=C/c1c(N=[N+]=[N-])n(C)nc(Cl)c1=O. The molecule has 19 heavy (non-hydrogen) atoms. The van der Waals surface area contributed by atoms with E-state index in [1.54, 1.807) is 0 Å². The zero-order valence-electron chi connectivity index (χ0n) is 10.4. The van der Waals surface area contributed by atoms with Gasteiger partial charge in [-0.1, -0.05) is 11.6 Å². The molecule has 0 aromatic carbocycles. The van der Waals surface area contributed by atoms with Crippen molar-refractivity contribution >= 4 is 29.5 Å². The van der Waals surface area contributed by atoms with Crippen LogP contribution in [0.25, 0.3) is 16.5 Å². The maximum atomic E-state index is 11.9. The van der Waals surface area contributed by atoms with Gasteiger partial charge in [-0.15, -0.1) is 0 Å². The van der Waals surface area contributed by atoms with Gasteiger partial charge in [0.1, 0.15) is 5.82 Å². The fourth-order valence-corrected chi connectivity index (χ4v) is 1.55. The molecule has 0 unspecified atom stereocenters. The summed E-state index contributed by atoms with van der Waals surface area (Å²) in [7, 11) is 2.67. The molecule has 0 saturated heterocycles. The Morgan fingerprint density at radius 3 is 2.79 bits per heavy atom. The lowest BCUT2D eigenvalue weighted by molar-refractivity contribution is -0.135. The maximum absolute atomic E-state index is 11.9. The predicted molar refractivity (Wildman–Crippen MR) is 69.0 cm³/mol. The number of aromatic nitrogens is 2. The van der Waals surface area contributed by atoms with Crippen LogP contribution in [0.4, 0.5) is 5.82 Å². The molecule has 0 fully saturated rings. The third kappa shape index (κ3) is 3.12. The van der Waals surface area contributed by atoms with Crippen molar-refractivity contribution < 1.29 is 9.53 Å². The van der Waals surface area contributed by atoms with Crippen LogP contribution < -0.4 is 5.43 Å². The summed E-state index contributed by atoms with van der Waals surface area (Å²) in [5, 5.41) is 6.77. The maximum Gasteiger partial charge on any atom is 0.333 e. The molecule has 0 atom stereocenters. The van der Waals surface area contributed by atoms with Crippen molar-refractivity contribution in [3.8, 4) is 0 Å². The fourth-order valence-electron chi connectivity index (χ4n) is 1.34. The number of aryl methyl sites for hydroxylation is 1. The van der Waals surface area contributed by atoms with E-state index in [-0.39, 0.29) is 22.1 Å². The highest BCUT2D eigenvalue weighted by Gasteiger charge is 2.14. The second kappa shape index (κ2) is 6.03. The molecule has 0 aliphatic rings. The number of hydrogen-bond acceptors (Lipinski definition) is 5. The summed E-state index contributed by atoms with van der Waals surface area (Å²) in [6, 6.07) is 0. The standard InChI is InChI=1S/C10H10ClN5O3/c1-5(10(18)19-3)4-6-7(17)8(11)14-16(2)9(6)13-15-12/h4H,1-3H3/b5-4+. The molecule has 0 saturated carbocycles. The first kappa shape index (κ1) is 14.7. The molecule has 100 valence electrons. The number of azide groups is 1. The van der Waals surface area contributed by atoms with Crippen LogP contribution in [0.3, 0.4) is 0 Å². The minimum absolute atomic E-state index is 0.0248. The quantitative estimate of drug-likeness (QED) is 0.277. The van der Waals surface area contributed by atoms with E-state index in [9.17, 15) is 9.59 Å². The number of carbonyl (C=O) groups excluding carboxylic acids is 1. The molecule has 0 radical (unpaired) electrons. The third-order valence-corrected chi connectivity index (χ3v) is 2.47. The molecule has 9 heteroatoms. The summed E-state index contributed by atoms with van der Waals surface area (Å²) < 4.78 is 5.67. The van der Waals surface area contributed by atoms with Gasteiger partial charge in [0, 0.05) is 17.5 Å². The number of nitrogens with zero attached hydrogens (tertiary/aromatic N) is 5. The van der Waals surface area contributed by atoms with Crippen molar-refractivity contribution in [3.63, 3.8) is 0 Å². The lowest BCUT2D eigenvalue weighted by Crippen LogP contribution is -2.15. The molecule has 1 rings (SSSR count). The van der Waals surface area contributed by atoms with E-state index >= 15 is 0 Å². The van der Waals surface area contributed by atoms with Gasteiger partial charge in [-0.25, -0.2) is 4.79 Å². The van der Waals surface area contributed by atoms with Gasteiger partial charge in [-0.3, -0.25) is 9.48 Å². The van der Waals surface area contributed by atoms with E-state index in [1.807, 2.05) is 0 Å². The third-order valence-electron chi connectivity index (χ3n) is 2.22. The van der Waals surface area contributed by atoms with Gasteiger partial charge < -0.3 is 4.74 Å². The van der Waals surface area contributed by atoms with Crippen LogP contribution in [0.15, 0.2) is 15.5 Å². The molecule has 1 aromatic heterocycles. The summed E-state index contributed by atoms with van der Waals surface area (Å²) in [6.07, 6.45) is 1.24. The highest BCUT2D eigenvalue weighted by Crippen LogP contribution is 2.19. The number of ether oxygens (including phenoxy) is 1. The highest BCUT2D eigenvalue weighted by molar-refractivity contribution is 6.29. The first-order valence-corrected chi connectivity index (χ1v) is 5.38. The van der Waals surface area contributed by atoms with Gasteiger partial charge in [0.15, 0.2) is 5.15 Å². The Balaban J connectivity index is 3.62. The monoisotopic (exact) mass is 283 g/mol. The molecule has 0 amide bonds. The van der Waals surface area contributed by atoms with E-state index in [0.717, 1.165) is 4.68 Å². The van der Waals surface area contributed by atoms with Crippen LogP contribution in [0.5, 0.6) is 0 Å². The summed E-state index contributed by atoms with van der Waals surface area (Å²) >= 11 is 5.66. The molecule has 0 aliphatic heterocycles. The second-order valence-electron chi connectivity index (χ2n) is 3.49. The number of rotatable bonds is 3. The Hall–Kier alpha value is -2.31. The number of methoxy groups -OCH3 is 1. The second-order valence-corrected chi connectivity index (χ2v) is 3.85. The molecule has 0 aliphatic carbocycles. The lowest BCUT2D eigenvalue weighted by Gasteiger charge is -2.07. The van der Waals surface area contributed by atoms with Gasteiger partial charge in [0.05, 0.1) is 12.7 Å². The molecule has 0 bridgehead atoms. The summed E-state index contributed by atoms with van der Waals surface area (Å²) in [4.78, 5) is 25.8. The van der Waals surface area contributed by atoms with E-state index in [1.165, 1.54) is 27.2 Å². The summed E-state index contributed by atoms with van der Waals surface area (Å²) in [5.74, 6) is -0.651. The predicted octanol–water partition coefficient (Wildman–Crippen LogP) is 1.95. The molecule has 8 nitrogen and oxygen atoms in total. The average Bonchev–Trinajstić information content (AvgIpc) is 2.38. The average molecular weight is 284 g/mol. The van der Waals surface area contributed by atoms with Gasteiger partial charge in [0.2, 0.25) is 5.43 Å². The molecule has 1 heterocycles. The largest absolute Gasteiger partial charge is 0.466 e. The highest BCUT2D eigenvalue weighted by atomic mass is 35.5. The Bertz CT molecular complexity index is 658.